The summed E-state index contributed by atoms with van der Waals surface area (Å²) in [5.41, 5.74) is 2.71. The number of aryl methyl sites for hydroxylation is 1. The first-order valence-corrected chi connectivity index (χ1v) is 7.23. The highest BCUT2D eigenvalue weighted by atomic mass is 16.5. The number of amides is 1. The molecular formula is C18H16N2O3. The van der Waals surface area contributed by atoms with Gasteiger partial charge in [-0.05, 0) is 12.5 Å². The van der Waals surface area contributed by atoms with Gasteiger partial charge in [-0.3, -0.25) is 4.90 Å². The van der Waals surface area contributed by atoms with Gasteiger partial charge in [0.25, 0.3) is 0 Å². The van der Waals surface area contributed by atoms with Crippen LogP contribution in [0, 0.1) is 6.92 Å². The third-order valence-corrected chi connectivity index (χ3v) is 3.55. The lowest BCUT2D eigenvalue weighted by Gasteiger charge is -2.19. The Morgan fingerprint density at radius 3 is 2.30 bits per heavy atom. The molecule has 0 aliphatic rings. The monoisotopic (exact) mass is 308 g/mol. The minimum Gasteiger partial charge on any atom is -0.465 e. The molecule has 0 radical (unpaired) electrons. The van der Waals surface area contributed by atoms with E-state index in [4.69, 9.17) is 4.52 Å². The molecule has 3 aromatic rings. The molecule has 1 N–H and O–H groups in total. The van der Waals surface area contributed by atoms with Crippen LogP contribution < -0.4 is 4.90 Å². The first-order chi connectivity index (χ1) is 11.2. The van der Waals surface area contributed by atoms with Gasteiger partial charge in [-0.15, -0.1) is 0 Å². The van der Waals surface area contributed by atoms with Crippen molar-refractivity contribution in [3.63, 3.8) is 0 Å². The van der Waals surface area contributed by atoms with E-state index in [0.717, 1.165) is 11.1 Å². The highest BCUT2D eigenvalue weighted by molar-refractivity contribution is 5.92. The molecule has 1 aromatic heterocycles. The summed E-state index contributed by atoms with van der Waals surface area (Å²) >= 11 is 0. The molecule has 116 valence electrons. The SMILES string of the molecule is Cc1noc(-c2ccccc2)c1N(Cc1ccccc1)C(=O)O. The zero-order chi connectivity index (χ0) is 16.2. The van der Waals surface area contributed by atoms with Crippen LogP contribution in [0.15, 0.2) is 65.2 Å². The van der Waals surface area contributed by atoms with Crippen molar-refractivity contribution in [1.29, 1.82) is 0 Å². The Kier molecular flexibility index (Phi) is 4.10. The lowest BCUT2D eigenvalue weighted by atomic mass is 10.1. The first-order valence-electron chi connectivity index (χ1n) is 7.23. The molecular weight excluding hydrogens is 292 g/mol. The van der Waals surface area contributed by atoms with Gasteiger partial charge < -0.3 is 9.63 Å². The van der Waals surface area contributed by atoms with E-state index < -0.39 is 6.09 Å². The van der Waals surface area contributed by atoms with E-state index in [1.807, 2.05) is 60.7 Å². The molecule has 1 heterocycles. The minimum atomic E-state index is -1.04. The van der Waals surface area contributed by atoms with Gasteiger partial charge in [0, 0.05) is 5.56 Å². The molecule has 5 heteroatoms. The van der Waals surface area contributed by atoms with Gasteiger partial charge >= 0.3 is 6.09 Å². The summed E-state index contributed by atoms with van der Waals surface area (Å²) < 4.78 is 5.40. The molecule has 5 nitrogen and oxygen atoms in total. The largest absolute Gasteiger partial charge is 0.465 e. The van der Waals surface area contributed by atoms with E-state index in [1.54, 1.807) is 6.92 Å². The molecule has 0 spiro atoms. The smallest absolute Gasteiger partial charge is 0.412 e. The Bertz CT molecular complexity index is 798. The van der Waals surface area contributed by atoms with Gasteiger partial charge in [0.15, 0.2) is 5.76 Å². The second-order valence-corrected chi connectivity index (χ2v) is 5.17. The number of nitrogens with zero attached hydrogens (tertiary/aromatic N) is 2. The molecule has 0 saturated heterocycles. The molecule has 2 aromatic carbocycles. The van der Waals surface area contributed by atoms with Crippen LogP contribution in [0.1, 0.15) is 11.3 Å². The Balaban J connectivity index is 2.04. The number of hydrogen-bond acceptors (Lipinski definition) is 3. The Hall–Kier alpha value is -3.08. The average Bonchev–Trinajstić information content (AvgIpc) is 2.95. The van der Waals surface area contributed by atoms with Crippen LogP contribution >= 0.6 is 0 Å². The fourth-order valence-corrected chi connectivity index (χ4v) is 2.47. The lowest BCUT2D eigenvalue weighted by molar-refractivity contribution is 0.201. The zero-order valence-electron chi connectivity index (χ0n) is 12.6. The number of anilines is 1. The van der Waals surface area contributed by atoms with Crippen LogP contribution in [-0.4, -0.2) is 16.4 Å². The van der Waals surface area contributed by atoms with E-state index in [-0.39, 0.29) is 6.54 Å². The summed E-state index contributed by atoms with van der Waals surface area (Å²) in [6, 6.07) is 18.8. The van der Waals surface area contributed by atoms with Crippen LogP contribution in [0.4, 0.5) is 10.5 Å². The number of rotatable bonds is 4. The molecule has 0 unspecified atom stereocenters. The van der Waals surface area contributed by atoms with Crippen LogP contribution in [0.3, 0.4) is 0 Å². The Morgan fingerprint density at radius 2 is 1.70 bits per heavy atom. The third kappa shape index (κ3) is 3.08. The van der Waals surface area contributed by atoms with Crippen molar-refractivity contribution >= 4 is 11.8 Å². The second kappa shape index (κ2) is 6.36. The maximum Gasteiger partial charge on any atom is 0.412 e. The van der Waals surface area contributed by atoms with Crippen molar-refractivity contribution in [3.05, 3.63) is 71.9 Å². The van der Waals surface area contributed by atoms with Crippen molar-refractivity contribution in [1.82, 2.24) is 5.16 Å². The quantitative estimate of drug-likeness (QED) is 0.778. The summed E-state index contributed by atoms with van der Waals surface area (Å²) in [6.07, 6.45) is -1.04. The second-order valence-electron chi connectivity index (χ2n) is 5.17. The average molecular weight is 308 g/mol. The molecule has 0 atom stereocenters. The fraction of sp³-hybridized carbons (Fsp3) is 0.111. The molecule has 0 aliphatic carbocycles. The van der Waals surface area contributed by atoms with Crippen molar-refractivity contribution in [2.75, 3.05) is 4.90 Å². The fourth-order valence-electron chi connectivity index (χ4n) is 2.47. The maximum atomic E-state index is 11.8. The van der Waals surface area contributed by atoms with Crippen molar-refractivity contribution in [3.8, 4) is 11.3 Å². The number of carbonyl (C=O) groups is 1. The van der Waals surface area contributed by atoms with Gasteiger partial charge in [-0.1, -0.05) is 65.8 Å². The molecule has 3 rings (SSSR count). The van der Waals surface area contributed by atoms with E-state index >= 15 is 0 Å². The van der Waals surface area contributed by atoms with Crippen LogP contribution in [0.5, 0.6) is 0 Å². The summed E-state index contributed by atoms with van der Waals surface area (Å²) in [5, 5.41) is 13.6. The number of aromatic nitrogens is 1. The number of hydrogen-bond donors (Lipinski definition) is 1. The van der Waals surface area contributed by atoms with Crippen molar-refractivity contribution < 1.29 is 14.4 Å². The predicted molar refractivity (Wildman–Crippen MR) is 87.3 cm³/mol. The van der Waals surface area contributed by atoms with E-state index in [2.05, 4.69) is 5.16 Å². The topological polar surface area (TPSA) is 66.6 Å². The van der Waals surface area contributed by atoms with Crippen molar-refractivity contribution in [2.24, 2.45) is 0 Å². The molecule has 0 bridgehead atoms. The van der Waals surface area contributed by atoms with Crippen molar-refractivity contribution in [2.45, 2.75) is 13.5 Å². The van der Waals surface area contributed by atoms with Gasteiger partial charge in [0.2, 0.25) is 0 Å². The van der Waals surface area contributed by atoms with Gasteiger partial charge in [0.05, 0.1) is 6.54 Å². The highest BCUT2D eigenvalue weighted by Crippen LogP contribution is 2.34. The van der Waals surface area contributed by atoms with Crippen LogP contribution in [-0.2, 0) is 6.54 Å². The van der Waals surface area contributed by atoms with E-state index in [0.29, 0.717) is 17.1 Å². The van der Waals surface area contributed by atoms with Gasteiger partial charge in [-0.2, -0.15) is 0 Å². The Labute approximate surface area is 133 Å². The minimum absolute atomic E-state index is 0.234. The summed E-state index contributed by atoms with van der Waals surface area (Å²) in [6.45, 7) is 1.98. The Morgan fingerprint density at radius 1 is 1.09 bits per heavy atom. The number of benzene rings is 2. The lowest BCUT2D eigenvalue weighted by Crippen LogP contribution is -2.29. The van der Waals surface area contributed by atoms with Crippen LogP contribution in [0.25, 0.3) is 11.3 Å². The standard InChI is InChI=1S/C18H16N2O3/c1-13-16(17(23-19-13)15-10-6-3-7-11-15)20(18(21)22)12-14-8-4-2-5-9-14/h2-11H,12H2,1H3,(H,21,22). The highest BCUT2D eigenvalue weighted by Gasteiger charge is 2.25. The number of carboxylic acid groups (broad SMARTS) is 1. The first kappa shape index (κ1) is 14.8. The maximum absolute atomic E-state index is 11.8. The zero-order valence-corrected chi connectivity index (χ0v) is 12.6. The summed E-state index contributed by atoms with van der Waals surface area (Å²) in [4.78, 5) is 13.1. The normalized spacial score (nSPS) is 10.5. The molecule has 0 saturated carbocycles. The van der Waals surface area contributed by atoms with Crippen LogP contribution in [0.2, 0.25) is 0 Å². The third-order valence-electron chi connectivity index (χ3n) is 3.55. The molecule has 23 heavy (non-hydrogen) atoms. The molecule has 1 amide bonds. The van der Waals surface area contributed by atoms with Gasteiger partial charge in [-0.25, -0.2) is 4.79 Å². The molecule has 0 aliphatic heterocycles. The summed E-state index contributed by atoms with van der Waals surface area (Å²) in [7, 11) is 0. The van der Waals surface area contributed by atoms with E-state index in [1.165, 1.54) is 4.90 Å². The predicted octanol–water partition coefficient (Wildman–Crippen LogP) is 4.33. The summed E-state index contributed by atoms with van der Waals surface area (Å²) in [5.74, 6) is 0.460. The van der Waals surface area contributed by atoms with Gasteiger partial charge in [0.1, 0.15) is 11.4 Å². The van der Waals surface area contributed by atoms with E-state index in [9.17, 15) is 9.90 Å². The molecule has 0 fully saturated rings.